The molecule has 1 heterocycles. The maximum absolute atomic E-state index is 11.9. The molecule has 26 heavy (non-hydrogen) atoms. The summed E-state index contributed by atoms with van der Waals surface area (Å²) in [6.45, 7) is 5.59. The van der Waals surface area contributed by atoms with Gasteiger partial charge in [0.15, 0.2) is 0 Å². The zero-order valence-corrected chi connectivity index (χ0v) is 15.6. The van der Waals surface area contributed by atoms with Crippen LogP contribution < -0.4 is 15.8 Å². The van der Waals surface area contributed by atoms with E-state index in [0.29, 0.717) is 5.69 Å². The summed E-state index contributed by atoms with van der Waals surface area (Å²) >= 11 is 0. The molecule has 3 N–H and O–H groups in total. The Balaban J connectivity index is 1.57. The van der Waals surface area contributed by atoms with Crippen LogP contribution in [0, 0.1) is 0 Å². The first-order valence-corrected chi connectivity index (χ1v) is 9.10. The summed E-state index contributed by atoms with van der Waals surface area (Å²) in [5, 5.41) is 4.84. The van der Waals surface area contributed by atoms with Crippen LogP contribution in [0.15, 0.2) is 30.6 Å². The molecule has 1 aromatic heterocycles. The Morgan fingerprint density at radius 1 is 1.19 bits per heavy atom. The fraction of sp³-hybridized carbons (Fsp3) is 0.500. The number of anilines is 1. The number of rotatable bonds is 3. The molecule has 1 aromatic carbocycles. The van der Waals surface area contributed by atoms with Gasteiger partial charge in [0, 0.05) is 23.0 Å². The van der Waals surface area contributed by atoms with Gasteiger partial charge in [0.2, 0.25) is 0 Å². The highest BCUT2D eigenvalue weighted by Gasteiger charge is 2.26. The Morgan fingerprint density at radius 3 is 2.62 bits per heavy atom. The Morgan fingerprint density at radius 2 is 1.92 bits per heavy atom. The summed E-state index contributed by atoms with van der Waals surface area (Å²) in [5.41, 5.74) is 6.23. The number of pyridine rings is 1. The van der Waals surface area contributed by atoms with Crippen molar-refractivity contribution >= 4 is 22.6 Å². The Labute approximate surface area is 154 Å². The molecule has 0 unspecified atom stereocenters. The van der Waals surface area contributed by atoms with Crippen molar-refractivity contribution in [3.63, 3.8) is 0 Å². The van der Waals surface area contributed by atoms with E-state index < -0.39 is 5.60 Å². The first-order chi connectivity index (χ1) is 12.3. The first-order valence-electron chi connectivity index (χ1n) is 9.10. The van der Waals surface area contributed by atoms with Gasteiger partial charge >= 0.3 is 6.09 Å². The topological polar surface area (TPSA) is 86.5 Å². The molecule has 1 saturated carbocycles. The summed E-state index contributed by atoms with van der Waals surface area (Å²) in [4.78, 5) is 16.0. The summed E-state index contributed by atoms with van der Waals surface area (Å²) in [5.74, 6) is 0.797. The van der Waals surface area contributed by atoms with Gasteiger partial charge < -0.3 is 20.5 Å². The monoisotopic (exact) mass is 357 g/mol. The Bertz CT molecular complexity index is 772. The number of amides is 1. The van der Waals surface area contributed by atoms with Gasteiger partial charge in [-0.1, -0.05) is 12.1 Å². The zero-order valence-electron chi connectivity index (χ0n) is 15.6. The molecule has 6 heteroatoms. The van der Waals surface area contributed by atoms with E-state index in [1.165, 1.54) is 0 Å². The number of nitrogens with two attached hydrogens (primary N) is 1. The average Bonchev–Trinajstić information content (AvgIpc) is 2.55. The number of carbonyl (C=O) groups excluding carboxylic acids is 1. The van der Waals surface area contributed by atoms with E-state index in [4.69, 9.17) is 15.2 Å². The van der Waals surface area contributed by atoms with Crippen molar-refractivity contribution in [3.8, 4) is 5.75 Å². The third-order valence-corrected chi connectivity index (χ3v) is 4.46. The van der Waals surface area contributed by atoms with Crippen molar-refractivity contribution in [1.82, 2.24) is 10.3 Å². The summed E-state index contributed by atoms with van der Waals surface area (Å²) < 4.78 is 11.6. The number of nitrogen functional groups attached to an aromatic ring is 1. The highest BCUT2D eigenvalue weighted by molar-refractivity contribution is 5.96. The van der Waals surface area contributed by atoms with E-state index >= 15 is 0 Å². The molecule has 2 aromatic rings. The minimum atomic E-state index is -0.479. The van der Waals surface area contributed by atoms with Crippen LogP contribution in [0.4, 0.5) is 10.5 Å². The number of nitrogens with one attached hydrogen (secondary N) is 1. The predicted octanol–water partition coefficient (Wildman–Crippen LogP) is 4.03. The predicted molar refractivity (Wildman–Crippen MR) is 102 cm³/mol. The van der Waals surface area contributed by atoms with Crippen LogP contribution >= 0.6 is 0 Å². The number of benzene rings is 1. The largest absolute Gasteiger partial charge is 0.490 e. The lowest BCUT2D eigenvalue weighted by Crippen LogP contribution is -2.42. The minimum absolute atomic E-state index is 0.116. The van der Waals surface area contributed by atoms with Gasteiger partial charge in [-0.2, -0.15) is 0 Å². The molecule has 1 amide bonds. The van der Waals surface area contributed by atoms with E-state index in [2.05, 4.69) is 10.3 Å². The second-order valence-corrected chi connectivity index (χ2v) is 7.82. The van der Waals surface area contributed by atoms with Crippen molar-refractivity contribution < 1.29 is 14.3 Å². The molecule has 0 saturated heterocycles. The van der Waals surface area contributed by atoms with Crippen molar-refractivity contribution in [2.75, 3.05) is 5.73 Å². The summed E-state index contributed by atoms with van der Waals surface area (Å²) in [6, 6.07) is 6.01. The fourth-order valence-electron chi connectivity index (χ4n) is 3.30. The van der Waals surface area contributed by atoms with E-state index in [9.17, 15) is 4.79 Å². The normalized spacial score (nSPS) is 20.6. The smallest absolute Gasteiger partial charge is 0.407 e. The number of carbonyl (C=O) groups is 1. The zero-order chi connectivity index (χ0) is 18.7. The molecule has 0 atom stereocenters. The maximum atomic E-state index is 11.9. The number of hydrogen-bond acceptors (Lipinski definition) is 5. The number of alkyl carbamates (subject to hydrolysis) is 1. The lowest BCUT2D eigenvalue weighted by Gasteiger charge is -2.30. The molecule has 140 valence electrons. The molecule has 0 aliphatic heterocycles. The quantitative estimate of drug-likeness (QED) is 0.866. The fourth-order valence-corrected chi connectivity index (χ4v) is 3.30. The molecule has 0 spiro atoms. The second-order valence-electron chi connectivity index (χ2n) is 7.82. The van der Waals surface area contributed by atoms with Gasteiger partial charge in [-0.15, -0.1) is 0 Å². The molecular weight excluding hydrogens is 330 g/mol. The first kappa shape index (κ1) is 18.3. The van der Waals surface area contributed by atoms with Crippen molar-refractivity contribution in [2.24, 2.45) is 0 Å². The minimum Gasteiger partial charge on any atom is -0.490 e. The number of nitrogens with zero attached hydrogens (tertiary/aromatic N) is 1. The molecular formula is C20H27N3O3. The molecule has 0 radical (unpaired) electrons. The lowest BCUT2D eigenvalue weighted by molar-refractivity contribution is 0.0471. The third-order valence-electron chi connectivity index (χ3n) is 4.46. The van der Waals surface area contributed by atoms with Gasteiger partial charge in [0.25, 0.3) is 0 Å². The molecule has 1 aliphatic carbocycles. The Kier molecular flexibility index (Phi) is 5.20. The highest BCUT2D eigenvalue weighted by atomic mass is 16.6. The van der Waals surface area contributed by atoms with Crippen LogP contribution in [-0.4, -0.2) is 28.8 Å². The summed E-state index contributed by atoms with van der Waals surface area (Å²) in [7, 11) is 0. The standard InChI is InChI=1S/C20H27N3O3/c1-20(2,3)26-19(24)23-14-7-9-15(10-8-14)25-17-6-4-5-13-11-22-12-16(21)18(13)17/h4-6,11-12,14-15H,7-10,21H2,1-3H3,(H,23,24)/t14-,15-. The SMILES string of the molecule is CC(C)(C)OC(=O)N[C@H]1CC[C@H](Oc2cccc3cncc(N)c23)CC1. The van der Waals surface area contributed by atoms with Crippen LogP contribution in [0.2, 0.25) is 0 Å². The second kappa shape index (κ2) is 7.40. The van der Waals surface area contributed by atoms with E-state index in [1.807, 2.05) is 39.0 Å². The Hall–Kier alpha value is -2.50. The van der Waals surface area contributed by atoms with E-state index in [0.717, 1.165) is 42.2 Å². The van der Waals surface area contributed by atoms with Crippen LogP contribution in [0.1, 0.15) is 46.5 Å². The van der Waals surface area contributed by atoms with Crippen molar-refractivity contribution in [3.05, 3.63) is 30.6 Å². The van der Waals surface area contributed by atoms with Crippen LogP contribution in [0.5, 0.6) is 5.75 Å². The van der Waals surface area contributed by atoms with Gasteiger partial charge in [-0.3, -0.25) is 4.98 Å². The molecule has 1 fully saturated rings. The van der Waals surface area contributed by atoms with Crippen LogP contribution in [0.3, 0.4) is 0 Å². The highest BCUT2D eigenvalue weighted by Crippen LogP contribution is 2.32. The molecule has 6 nitrogen and oxygen atoms in total. The van der Waals surface area contributed by atoms with Crippen molar-refractivity contribution in [1.29, 1.82) is 0 Å². The lowest BCUT2D eigenvalue weighted by atomic mass is 9.93. The number of hydrogen-bond donors (Lipinski definition) is 2. The van der Waals surface area contributed by atoms with E-state index in [-0.39, 0.29) is 18.2 Å². The summed E-state index contributed by atoms with van der Waals surface area (Å²) in [6.07, 6.45) is 6.69. The van der Waals surface area contributed by atoms with Crippen LogP contribution in [0.25, 0.3) is 10.8 Å². The van der Waals surface area contributed by atoms with Crippen molar-refractivity contribution in [2.45, 2.75) is 64.2 Å². The number of ether oxygens (including phenoxy) is 2. The molecule has 1 aliphatic rings. The molecule has 0 bridgehead atoms. The molecule has 3 rings (SSSR count). The van der Waals surface area contributed by atoms with Gasteiger partial charge in [0.1, 0.15) is 11.4 Å². The van der Waals surface area contributed by atoms with Gasteiger partial charge in [-0.05, 0) is 52.5 Å². The van der Waals surface area contributed by atoms with Crippen LogP contribution in [-0.2, 0) is 4.74 Å². The maximum Gasteiger partial charge on any atom is 0.407 e. The number of fused-ring (bicyclic) bond motifs is 1. The van der Waals surface area contributed by atoms with E-state index in [1.54, 1.807) is 12.4 Å². The average molecular weight is 357 g/mol. The third kappa shape index (κ3) is 4.56. The van der Waals surface area contributed by atoms with Gasteiger partial charge in [-0.25, -0.2) is 4.79 Å². The number of aromatic nitrogens is 1. The van der Waals surface area contributed by atoms with Gasteiger partial charge in [0.05, 0.1) is 18.0 Å².